The molecule has 3 aromatic carbocycles. The lowest BCUT2D eigenvalue weighted by molar-refractivity contribution is -0.384. The molecule has 6 nitrogen and oxygen atoms in total. The summed E-state index contributed by atoms with van der Waals surface area (Å²) in [6.45, 7) is 2.57. The Bertz CT molecular complexity index is 1480. The maximum atomic E-state index is 11.1. The highest BCUT2D eigenvalue weighted by Gasteiger charge is 2.19. The van der Waals surface area contributed by atoms with Gasteiger partial charge >= 0.3 is 0 Å². The van der Waals surface area contributed by atoms with Crippen molar-refractivity contribution in [2.24, 2.45) is 0 Å². The molecule has 0 saturated heterocycles. The molecular formula is C27H21N3O3S. The van der Waals surface area contributed by atoms with Crippen molar-refractivity contribution in [2.45, 2.75) is 6.92 Å². The summed E-state index contributed by atoms with van der Waals surface area (Å²) < 4.78 is 5.57. The zero-order valence-electron chi connectivity index (χ0n) is 18.4. The highest BCUT2D eigenvalue weighted by Crippen LogP contribution is 2.45. The van der Waals surface area contributed by atoms with Crippen molar-refractivity contribution in [1.82, 2.24) is 4.98 Å². The number of rotatable bonds is 6. The van der Waals surface area contributed by atoms with Gasteiger partial charge in [0.05, 0.1) is 27.8 Å². The van der Waals surface area contributed by atoms with E-state index in [1.807, 2.05) is 49.4 Å². The van der Waals surface area contributed by atoms with Gasteiger partial charge in [-0.3, -0.25) is 10.1 Å². The van der Waals surface area contributed by atoms with E-state index < -0.39 is 4.92 Å². The molecule has 0 saturated carbocycles. The number of aromatic nitrogens is 1. The van der Waals surface area contributed by atoms with E-state index in [4.69, 9.17) is 15.5 Å². The minimum Gasteiger partial charge on any atom is -0.494 e. The number of anilines is 1. The molecule has 7 heteroatoms. The first kappa shape index (κ1) is 21.6. The zero-order valence-corrected chi connectivity index (χ0v) is 19.2. The highest BCUT2D eigenvalue weighted by atomic mass is 32.1. The molecule has 168 valence electrons. The quantitative estimate of drug-likeness (QED) is 0.211. The van der Waals surface area contributed by atoms with Gasteiger partial charge in [-0.2, -0.15) is 0 Å². The molecule has 2 heterocycles. The van der Waals surface area contributed by atoms with Crippen LogP contribution >= 0.6 is 11.3 Å². The number of nitrogens with zero attached hydrogens (tertiary/aromatic N) is 2. The largest absolute Gasteiger partial charge is 0.494 e. The number of nitrogens with two attached hydrogens (primary N) is 1. The molecule has 5 aromatic rings. The number of non-ortho nitro benzene ring substituents is 1. The molecular weight excluding hydrogens is 446 g/mol. The van der Waals surface area contributed by atoms with E-state index in [0.29, 0.717) is 12.3 Å². The molecule has 0 aliphatic carbocycles. The number of hydrogen-bond donors (Lipinski definition) is 1. The molecule has 0 spiro atoms. The van der Waals surface area contributed by atoms with Crippen molar-refractivity contribution < 1.29 is 9.66 Å². The first-order chi connectivity index (χ1) is 16.5. The topological polar surface area (TPSA) is 91.3 Å². The lowest BCUT2D eigenvalue weighted by Gasteiger charge is -2.10. The molecule has 0 radical (unpaired) electrons. The lowest BCUT2D eigenvalue weighted by atomic mass is 9.99. The lowest BCUT2D eigenvalue weighted by Crippen LogP contribution is -1.93. The molecule has 5 rings (SSSR count). The Morgan fingerprint density at radius 2 is 1.62 bits per heavy atom. The number of nitro benzene ring substituents is 1. The monoisotopic (exact) mass is 467 g/mol. The Labute approximate surface area is 200 Å². The fraction of sp³-hybridized carbons (Fsp3) is 0.0741. The van der Waals surface area contributed by atoms with Crippen LogP contribution in [0.3, 0.4) is 0 Å². The highest BCUT2D eigenvalue weighted by molar-refractivity contribution is 7.22. The number of pyridine rings is 1. The smallest absolute Gasteiger partial charge is 0.269 e. The molecule has 0 aliphatic rings. The second-order valence-corrected chi connectivity index (χ2v) is 8.71. The molecule has 0 bridgehead atoms. The van der Waals surface area contributed by atoms with Gasteiger partial charge in [-0.1, -0.05) is 30.3 Å². The molecule has 2 aromatic heterocycles. The van der Waals surface area contributed by atoms with Crippen LogP contribution in [-0.2, 0) is 0 Å². The minimum atomic E-state index is -0.407. The summed E-state index contributed by atoms with van der Waals surface area (Å²) in [5, 5.41) is 11.9. The first-order valence-corrected chi connectivity index (χ1v) is 11.6. The van der Waals surface area contributed by atoms with Gasteiger partial charge in [-0.25, -0.2) is 4.98 Å². The van der Waals surface area contributed by atoms with Gasteiger partial charge in [0, 0.05) is 23.1 Å². The SMILES string of the molecule is CCOc1ccc(-c2cc(-c3ccccc3)c3c(N)c(-c4ccc([N+](=O)[O-])cc4)sc3n2)cc1. The van der Waals surface area contributed by atoms with Gasteiger partial charge in [-0.15, -0.1) is 11.3 Å². The minimum absolute atomic E-state index is 0.0457. The van der Waals surface area contributed by atoms with Crippen LogP contribution in [0, 0.1) is 10.1 Å². The molecule has 0 fully saturated rings. The standard InChI is InChI=1S/C27H21N3O3S/c1-2-33-21-14-10-18(11-15-21)23-16-22(17-6-4-3-5-7-17)24-25(28)26(34-27(24)29-23)19-8-12-20(13-9-19)30(31)32/h3-16H,2,28H2,1H3. The third-order valence-corrected chi connectivity index (χ3v) is 6.73. The summed E-state index contributed by atoms with van der Waals surface area (Å²) in [6.07, 6.45) is 0. The molecule has 2 N–H and O–H groups in total. The van der Waals surface area contributed by atoms with Crippen molar-refractivity contribution in [3.05, 3.63) is 95.0 Å². The molecule has 0 amide bonds. The number of thiophene rings is 1. The van der Waals surface area contributed by atoms with Crippen LogP contribution in [0.4, 0.5) is 11.4 Å². The van der Waals surface area contributed by atoms with Crippen molar-refractivity contribution in [2.75, 3.05) is 12.3 Å². The Hall–Kier alpha value is -4.23. The van der Waals surface area contributed by atoms with Gasteiger partial charge < -0.3 is 10.5 Å². The third-order valence-electron chi connectivity index (χ3n) is 5.59. The average molecular weight is 468 g/mol. The van der Waals surface area contributed by atoms with Gasteiger partial charge in [0.2, 0.25) is 0 Å². The average Bonchev–Trinajstić information content (AvgIpc) is 3.21. The van der Waals surface area contributed by atoms with E-state index in [1.54, 1.807) is 12.1 Å². The van der Waals surface area contributed by atoms with E-state index in [0.717, 1.165) is 48.8 Å². The van der Waals surface area contributed by atoms with Crippen LogP contribution in [0.25, 0.3) is 43.0 Å². The van der Waals surface area contributed by atoms with Crippen LogP contribution in [0.5, 0.6) is 5.75 Å². The second kappa shape index (κ2) is 8.96. The maximum Gasteiger partial charge on any atom is 0.269 e. The summed E-state index contributed by atoms with van der Waals surface area (Å²) in [7, 11) is 0. The van der Waals surface area contributed by atoms with Gasteiger partial charge in [0.15, 0.2) is 0 Å². The Morgan fingerprint density at radius 1 is 0.941 bits per heavy atom. The number of nitro groups is 1. The van der Waals surface area contributed by atoms with Crippen molar-refractivity contribution in [3.8, 4) is 38.6 Å². The number of hydrogen-bond acceptors (Lipinski definition) is 6. The Balaban J connectivity index is 1.70. The van der Waals surface area contributed by atoms with E-state index in [1.165, 1.54) is 23.5 Å². The van der Waals surface area contributed by atoms with Crippen LogP contribution in [-0.4, -0.2) is 16.5 Å². The maximum absolute atomic E-state index is 11.1. The normalized spacial score (nSPS) is 11.0. The summed E-state index contributed by atoms with van der Waals surface area (Å²) in [5.74, 6) is 0.816. The first-order valence-electron chi connectivity index (χ1n) is 10.8. The van der Waals surface area contributed by atoms with Gasteiger partial charge in [0.1, 0.15) is 10.6 Å². The molecule has 0 atom stereocenters. The number of nitrogen functional groups attached to an aromatic ring is 1. The van der Waals surface area contributed by atoms with Crippen LogP contribution in [0.15, 0.2) is 84.9 Å². The summed E-state index contributed by atoms with van der Waals surface area (Å²) in [5.41, 5.74) is 12.0. The summed E-state index contributed by atoms with van der Waals surface area (Å²) in [4.78, 5) is 17.3. The molecule has 34 heavy (non-hydrogen) atoms. The zero-order chi connectivity index (χ0) is 23.7. The summed E-state index contributed by atoms with van der Waals surface area (Å²) >= 11 is 1.49. The van der Waals surface area contributed by atoms with E-state index in [-0.39, 0.29) is 5.69 Å². The summed E-state index contributed by atoms with van der Waals surface area (Å²) in [6, 6.07) is 26.5. The van der Waals surface area contributed by atoms with Gasteiger partial charge in [-0.05, 0) is 66.1 Å². The predicted molar refractivity (Wildman–Crippen MR) is 138 cm³/mol. The predicted octanol–water partition coefficient (Wildman–Crippen LogP) is 7.19. The van der Waals surface area contributed by atoms with E-state index in [2.05, 4.69) is 18.2 Å². The Morgan fingerprint density at radius 3 is 2.26 bits per heavy atom. The fourth-order valence-corrected chi connectivity index (χ4v) is 5.08. The van der Waals surface area contributed by atoms with E-state index >= 15 is 0 Å². The fourth-order valence-electron chi connectivity index (χ4n) is 3.95. The van der Waals surface area contributed by atoms with Crippen LogP contribution < -0.4 is 10.5 Å². The van der Waals surface area contributed by atoms with Gasteiger partial charge in [0.25, 0.3) is 5.69 Å². The van der Waals surface area contributed by atoms with Crippen LogP contribution in [0.2, 0.25) is 0 Å². The van der Waals surface area contributed by atoms with E-state index in [9.17, 15) is 10.1 Å². The molecule has 0 unspecified atom stereocenters. The number of fused-ring (bicyclic) bond motifs is 1. The van der Waals surface area contributed by atoms with Crippen molar-refractivity contribution in [1.29, 1.82) is 0 Å². The van der Waals surface area contributed by atoms with Crippen molar-refractivity contribution >= 4 is 32.9 Å². The number of benzene rings is 3. The number of ether oxygens (including phenoxy) is 1. The second-order valence-electron chi connectivity index (χ2n) is 7.71. The van der Waals surface area contributed by atoms with Crippen LogP contribution in [0.1, 0.15) is 6.92 Å². The van der Waals surface area contributed by atoms with Crippen molar-refractivity contribution in [3.63, 3.8) is 0 Å². The third kappa shape index (κ3) is 3.97. The Kier molecular flexibility index (Phi) is 5.69. The molecule has 0 aliphatic heterocycles.